The molecule has 7 nitrogen and oxygen atoms in total. The number of carbonyl (C=O) groups is 3. The molecule has 0 spiro atoms. The molecule has 0 unspecified atom stereocenters. The highest BCUT2D eigenvalue weighted by Crippen LogP contribution is 2.41. The molecule has 1 heterocycles. The van der Waals surface area contributed by atoms with Crippen LogP contribution < -0.4 is 5.32 Å². The molecule has 2 aromatic rings. The summed E-state index contributed by atoms with van der Waals surface area (Å²) < 4.78 is 10.9. The molecule has 2 atom stereocenters. The largest absolute Gasteiger partial charge is 0.455 e. The zero-order chi connectivity index (χ0) is 19.2. The van der Waals surface area contributed by atoms with Crippen LogP contribution in [-0.2, 0) is 19.1 Å². The van der Waals surface area contributed by atoms with Gasteiger partial charge in [0.1, 0.15) is 0 Å². The van der Waals surface area contributed by atoms with Gasteiger partial charge in [0, 0.05) is 5.92 Å². The molecule has 1 aromatic heterocycles. The van der Waals surface area contributed by atoms with Crippen molar-refractivity contribution < 1.29 is 23.9 Å². The standard InChI is InChI=1S/C19H22N2O5S/c1-2-25-19(24)21-16(22)11-26-18(23)13-8-4-3-7-12(13)17-20-14-9-5-6-10-15(14)27-17/h5-6,9-10,12-13H,2-4,7-8,11H2,1H3,(H,21,22,24)/t12-,13-/m0/s1. The third-order valence-electron chi connectivity index (χ3n) is 4.56. The van der Waals surface area contributed by atoms with E-state index in [1.54, 1.807) is 18.3 Å². The minimum absolute atomic E-state index is 0.00299. The van der Waals surface area contributed by atoms with E-state index in [0.29, 0.717) is 6.42 Å². The Kier molecular flexibility index (Phi) is 6.39. The lowest BCUT2D eigenvalue weighted by molar-refractivity contribution is -0.154. The topological polar surface area (TPSA) is 94.6 Å². The maximum atomic E-state index is 12.6. The average molecular weight is 390 g/mol. The number of nitrogens with zero attached hydrogens (tertiary/aromatic N) is 1. The number of benzene rings is 1. The summed E-state index contributed by atoms with van der Waals surface area (Å²) in [4.78, 5) is 40.2. The molecule has 2 amide bonds. The highest BCUT2D eigenvalue weighted by atomic mass is 32.1. The van der Waals surface area contributed by atoms with Crippen LogP contribution in [0.3, 0.4) is 0 Å². The van der Waals surface area contributed by atoms with Gasteiger partial charge in [0.15, 0.2) is 6.61 Å². The number of carbonyl (C=O) groups excluding carboxylic acids is 3. The predicted octanol–water partition coefficient (Wildman–Crippen LogP) is 3.39. The van der Waals surface area contributed by atoms with Gasteiger partial charge >= 0.3 is 12.1 Å². The van der Waals surface area contributed by atoms with E-state index in [4.69, 9.17) is 9.72 Å². The van der Waals surface area contributed by atoms with E-state index in [1.807, 2.05) is 29.6 Å². The molecule has 144 valence electrons. The predicted molar refractivity (Wildman–Crippen MR) is 100 cm³/mol. The molecular formula is C19H22N2O5S. The molecule has 0 saturated heterocycles. The molecule has 1 aromatic carbocycles. The van der Waals surface area contributed by atoms with E-state index in [0.717, 1.165) is 34.5 Å². The SMILES string of the molecule is CCOC(=O)NC(=O)COC(=O)[C@H]1CCCC[C@@H]1c1nc2ccccc2s1. The van der Waals surface area contributed by atoms with Crippen molar-refractivity contribution in [3.63, 3.8) is 0 Å². The Labute approximate surface area is 161 Å². The molecule has 1 aliphatic carbocycles. The Balaban J connectivity index is 1.63. The second-order valence-electron chi connectivity index (χ2n) is 6.39. The number of aromatic nitrogens is 1. The number of rotatable bonds is 5. The number of thiazole rings is 1. The third kappa shape index (κ3) is 4.82. The zero-order valence-corrected chi connectivity index (χ0v) is 15.9. The minimum atomic E-state index is -0.844. The van der Waals surface area contributed by atoms with Crippen molar-refractivity contribution in [2.75, 3.05) is 13.2 Å². The zero-order valence-electron chi connectivity index (χ0n) is 15.1. The van der Waals surface area contributed by atoms with Crippen molar-refractivity contribution in [3.8, 4) is 0 Å². The van der Waals surface area contributed by atoms with E-state index < -0.39 is 24.6 Å². The van der Waals surface area contributed by atoms with Crippen LogP contribution in [0.25, 0.3) is 10.2 Å². The summed E-state index contributed by atoms with van der Waals surface area (Å²) in [7, 11) is 0. The highest BCUT2D eigenvalue weighted by Gasteiger charge is 2.35. The Bertz CT molecular complexity index is 801. The van der Waals surface area contributed by atoms with Crippen molar-refractivity contribution in [2.45, 2.75) is 38.5 Å². The first-order valence-electron chi connectivity index (χ1n) is 9.07. The van der Waals surface area contributed by atoms with E-state index in [1.165, 1.54) is 0 Å². The average Bonchev–Trinajstić information content (AvgIpc) is 3.10. The summed E-state index contributed by atoms with van der Waals surface area (Å²) >= 11 is 1.60. The van der Waals surface area contributed by atoms with E-state index in [2.05, 4.69) is 4.74 Å². The quantitative estimate of drug-likeness (QED) is 0.787. The summed E-state index contributed by atoms with van der Waals surface area (Å²) in [5.41, 5.74) is 0.934. The van der Waals surface area contributed by atoms with Gasteiger partial charge in [-0.15, -0.1) is 11.3 Å². The van der Waals surface area contributed by atoms with Crippen molar-refractivity contribution in [1.82, 2.24) is 10.3 Å². The van der Waals surface area contributed by atoms with Crippen LogP contribution in [0.2, 0.25) is 0 Å². The Morgan fingerprint density at radius 3 is 2.74 bits per heavy atom. The van der Waals surface area contributed by atoms with Crippen LogP contribution in [0.1, 0.15) is 43.5 Å². The molecule has 1 fully saturated rings. The van der Waals surface area contributed by atoms with Gasteiger partial charge in [0.25, 0.3) is 5.91 Å². The van der Waals surface area contributed by atoms with E-state index >= 15 is 0 Å². The Morgan fingerprint density at radius 2 is 1.96 bits per heavy atom. The highest BCUT2D eigenvalue weighted by molar-refractivity contribution is 7.18. The lowest BCUT2D eigenvalue weighted by Gasteiger charge is -2.28. The van der Waals surface area contributed by atoms with Gasteiger partial charge in [0.2, 0.25) is 0 Å². The number of para-hydroxylation sites is 1. The number of esters is 1. The smallest absolute Gasteiger partial charge is 0.413 e. The fourth-order valence-electron chi connectivity index (χ4n) is 3.32. The fraction of sp³-hybridized carbons (Fsp3) is 0.474. The number of alkyl carbamates (subject to hydrolysis) is 1. The van der Waals surface area contributed by atoms with Crippen LogP contribution in [-0.4, -0.2) is 36.2 Å². The number of hydrogen-bond acceptors (Lipinski definition) is 7. The van der Waals surface area contributed by atoms with Gasteiger partial charge in [-0.3, -0.25) is 14.9 Å². The molecule has 1 saturated carbocycles. The molecule has 1 N–H and O–H groups in total. The van der Waals surface area contributed by atoms with Gasteiger partial charge in [-0.1, -0.05) is 25.0 Å². The first-order valence-corrected chi connectivity index (χ1v) is 9.89. The number of nitrogens with one attached hydrogen (secondary N) is 1. The Hall–Kier alpha value is -2.48. The van der Waals surface area contributed by atoms with Crippen LogP contribution in [0.4, 0.5) is 4.79 Å². The van der Waals surface area contributed by atoms with Crippen molar-refractivity contribution in [2.24, 2.45) is 5.92 Å². The summed E-state index contributed by atoms with van der Waals surface area (Å²) in [6.07, 6.45) is 2.71. The second-order valence-corrected chi connectivity index (χ2v) is 7.46. The van der Waals surface area contributed by atoms with Crippen LogP contribution >= 0.6 is 11.3 Å². The van der Waals surface area contributed by atoms with Crippen molar-refractivity contribution >= 4 is 39.5 Å². The number of ether oxygens (including phenoxy) is 2. The molecule has 8 heteroatoms. The lowest BCUT2D eigenvalue weighted by Crippen LogP contribution is -2.36. The number of hydrogen-bond donors (Lipinski definition) is 1. The van der Waals surface area contributed by atoms with Gasteiger partial charge in [0.05, 0.1) is 27.7 Å². The van der Waals surface area contributed by atoms with Crippen LogP contribution in [0, 0.1) is 5.92 Å². The fourth-order valence-corrected chi connectivity index (χ4v) is 4.49. The summed E-state index contributed by atoms with van der Waals surface area (Å²) in [6.45, 7) is 1.29. The molecule has 0 aliphatic heterocycles. The van der Waals surface area contributed by atoms with E-state index in [9.17, 15) is 14.4 Å². The van der Waals surface area contributed by atoms with Gasteiger partial charge in [-0.25, -0.2) is 9.78 Å². The molecule has 27 heavy (non-hydrogen) atoms. The minimum Gasteiger partial charge on any atom is -0.455 e. The maximum absolute atomic E-state index is 12.6. The Morgan fingerprint density at radius 1 is 1.19 bits per heavy atom. The molecule has 0 bridgehead atoms. The number of imide groups is 1. The molecular weight excluding hydrogens is 368 g/mol. The van der Waals surface area contributed by atoms with Crippen LogP contribution in [0.5, 0.6) is 0 Å². The maximum Gasteiger partial charge on any atom is 0.413 e. The summed E-state index contributed by atoms with van der Waals surface area (Å²) in [6, 6.07) is 7.90. The monoisotopic (exact) mass is 390 g/mol. The first kappa shape index (κ1) is 19.3. The van der Waals surface area contributed by atoms with Crippen LogP contribution in [0.15, 0.2) is 24.3 Å². The van der Waals surface area contributed by atoms with Gasteiger partial charge in [-0.2, -0.15) is 0 Å². The molecule has 0 radical (unpaired) electrons. The van der Waals surface area contributed by atoms with Gasteiger partial charge < -0.3 is 9.47 Å². The first-order chi connectivity index (χ1) is 13.1. The molecule has 3 rings (SSSR count). The second kappa shape index (κ2) is 8.94. The van der Waals surface area contributed by atoms with Gasteiger partial charge in [-0.05, 0) is 31.9 Å². The van der Waals surface area contributed by atoms with Crippen molar-refractivity contribution in [1.29, 1.82) is 0 Å². The summed E-state index contributed by atoms with van der Waals surface area (Å²) in [5.74, 6) is -1.45. The number of fused-ring (bicyclic) bond motifs is 1. The third-order valence-corrected chi connectivity index (χ3v) is 5.73. The summed E-state index contributed by atoms with van der Waals surface area (Å²) in [5, 5.41) is 2.95. The normalized spacial score (nSPS) is 19.4. The number of amides is 2. The van der Waals surface area contributed by atoms with E-state index in [-0.39, 0.29) is 18.4 Å². The van der Waals surface area contributed by atoms with Crippen molar-refractivity contribution in [3.05, 3.63) is 29.3 Å². The molecule has 1 aliphatic rings. The lowest BCUT2D eigenvalue weighted by atomic mass is 9.79.